The van der Waals surface area contributed by atoms with Crippen LogP contribution < -0.4 is 18.9 Å². The summed E-state index contributed by atoms with van der Waals surface area (Å²) in [4.78, 5) is 34.1. The molecule has 10 aromatic carbocycles. The van der Waals surface area contributed by atoms with E-state index in [4.69, 9.17) is 18.9 Å². The summed E-state index contributed by atoms with van der Waals surface area (Å²) in [6, 6.07) is 63.4. The van der Waals surface area contributed by atoms with Crippen LogP contribution in [0.15, 0.2) is 193 Å². The summed E-state index contributed by atoms with van der Waals surface area (Å²) >= 11 is 3.73. The summed E-state index contributed by atoms with van der Waals surface area (Å²) in [5.74, 6) is 3.16. The summed E-state index contributed by atoms with van der Waals surface area (Å²) < 4.78 is 27.6. The number of para-hydroxylation sites is 1. The number of carbonyl (C=O) groups is 2. The van der Waals surface area contributed by atoms with E-state index >= 15 is 4.79 Å². The molecule has 13 heteroatoms. The molecule has 0 fully saturated rings. The van der Waals surface area contributed by atoms with Gasteiger partial charge in [-0.15, -0.1) is 0 Å². The van der Waals surface area contributed by atoms with E-state index in [1.807, 2.05) is 58.3 Å². The van der Waals surface area contributed by atoms with Crippen molar-refractivity contribution in [3.8, 4) is 45.3 Å². The lowest BCUT2D eigenvalue weighted by atomic mass is 9.92. The van der Waals surface area contributed by atoms with Crippen molar-refractivity contribution in [1.29, 1.82) is 0 Å². The van der Waals surface area contributed by atoms with Crippen LogP contribution in [0.2, 0.25) is 0 Å². The van der Waals surface area contributed by atoms with E-state index in [9.17, 15) is 15.0 Å². The first-order valence-corrected chi connectivity index (χ1v) is 31.9. The van der Waals surface area contributed by atoms with E-state index < -0.39 is 0 Å². The minimum atomic E-state index is -0.325. The number of hydrogen-bond acceptors (Lipinski definition) is 8. The predicted molar refractivity (Wildman–Crippen MR) is 362 cm³/mol. The largest absolute Gasteiger partial charge is 0.497 e. The Morgan fingerprint density at radius 1 is 0.429 bits per heavy atom. The van der Waals surface area contributed by atoms with Crippen molar-refractivity contribution >= 4 is 71.4 Å². The Morgan fingerprint density at radius 3 is 1.21 bits per heavy atom. The highest BCUT2D eigenvalue weighted by Crippen LogP contribution is 2.54. The molecule has 0 saturated heterocycles. The third kappa shape index (κ3) is 9.46. The second-order valence-corrected chi connectivity index (χ2v) is 24.8. The molecule has 2 N–H and O–H groups in total. The average molecular weight is 1270 g/mol. The molecule has 12 nitrogen and oxygen atoms in total. The first-order valence-electron chi connectivity index (χ1n) is 31.1. The molecular formula is C78H67BrN4O8. The minimum Gasteiger partial charge on any atom is -0.497 e. The van der Waals surface area contributed by atoms with Gasteiger partial charge in [0.2, 0.25) is 0 Å². The summed E-state index contributed by atoms with van der Waals surface area (Å²) in [5, 5.41) is 24.3. The molecule has 0 unspecified atom stereocenters. The van der Waals surface area contributed by atoms with E-state index in [2.05, 4.69) is 165 Å². The summed E-state index contributed by atoms with van der Waals surface area (Å²) in [5.41, 5.74) is 21.7. The molecule has 0 saturated carbocycles. The molecule has 91 heavy (non-hydrogen) atoms. The van der Waals surface area contributed by atoms with Gasteiger partial charge in [-0.1, -0.05) is 131 Å². The molecule has 2 aliphatic carbocycles. The molecule has 0 bridgehead atoms. The summed E-state index contributed by atoms with van der Waals surface area (Å²) in [6.07, 6.45) is 2.85. The van der Waals surface area contributed by atoms with Crippen molar-refractivity contribution in [2.24, 2.45) is 0 Å². The number of amides is 2. The molecule has 0 radical (unpaired) electrons. The smallest absolute Gasteiger partial charge is 0.255 e. The van der Waals surface area contributed by atoms with Gasteiger partial charge in [0, 0.05) is 100 Å². The number of rotatable bonds is 16. The minimum absolute atomic E-state index is 0.0349. The average Bonchev–Trinajstić information content (AvgIpc) is 1.55. The zero-order valence-electron chi connectivity index (χ0n) is 51.1. The Hall–Kier alpha value is -9.66. The fourth-order valence-electron chi connectivity index (χ4n) is 15.3. The Kier molecular flexibility index (Phi) is 15.0. The summed E-state index contributed by atoms with van der Waals surface area (Å²) in [7, 11) is 6.65. The van der Waals surface area contributed by atoms with Crippen LogP contribution in [0.3, 0.4) is 0 Å². The van der Waals surface area contributed by atoms with E-state index in [0.717, 1.165) is 140 Å². The normalized spacial score (nSPS) is 13.5. The van der Waals surface area contributed by atoms with Gasteiger partial charge >= 0.3 is 0 Å². The van der Waals surface area contributed by atoms with Crippen LogP contribution in [0, 0.1) is 0 Å². The number of aryl methyl sites for hydroxylation is 2. The molecule has 4 heterocycles. The molecule has 454 valence electrons. The number of fused-ring (bicyclic) bond motifs is 20. The number of aliphatic hydroxyl groups excluding tert-OH is 2. The van der Waals surface area contributed by atoms with E-state index in [1.54, 1.807) is 28.4 Å². The molecule has 2 amide bonds. The van der Waals surface area contributed by atoms with Crippen molar-refractivity contribution in [2.75, 3.05) is 41.7 Å². The van der Waals surface area contributed by atoms with E-state index in [1.165, 1.54) is 33.3 Å². The quantitative estimate of drug-likeness (QED) is 0.0979. The lowest BCUT2D eigenvalue weighted by molar-refractivity contribution is 0.0724. The molecular weight excluding hydrogens is 1200 g/mol. The van der Waals surface area contributed by atoms with Crippen molar-refractivity contribution < 1.29 is 38.7 Å². The second-order valence-electron chi connectivity index (χ2n) is 23.9. The standard InChI is InChI=1S/C39H33BrN2O4.C39H34N2O4/c1-45-27-13-8-23(9-14-27)37(24-10-15-28(46-2)16-11-24)42-22-32-35-30-21-26(40)12-17-33(30)41(18-5-19-43)38(35)31-20-25-6-3-4-7-29(25)34(31)36(32)39(42)44;1-44-27-16-12-24(13-17-27)37(25-14-18-28(45-2)19-15-25)41-23-32-35-30-10-5-6-11-33(30)40(20-7-21-42)38(35)31-22-26-8-3-4-9-29(26)34(31)36(32)39(41)43/h3-4,6-17,21,37,43H,5,18-20,22H2,1-2H3;3-6,8-19,37,42H,7,20-23H2,1-2H3. The van der Waals surface area contributed by atoms with Gasteiger partial charge in [0.25, 0.3) is 11.8 Å². The van der Waals surface area contributed by atoms with Gasteiger partial charge in [0.15, 0.2) is 0 Å². The highest BCUT2D eigenvalue weighted by molar-refractivity contribution is 9.10. The SMILES string of the molecule is COc1ccc(C(c2ccc(OC)cc2)N2Cc3c(c4c(c5c3c3cc(Br)ccc3n5CCCO)Cc3ccccc3-4)C2=O)cc1.COc1ccc(C(c2ccc(OC)cc2)N2Cc3c(c4c(c5c3c3ccccc3n5CCCO)Cc3ccccc3-4)C2=O)cc1. The lowest BCUT2D eigenvalue weighted by Crippen LogP contribution is -2.30. The number of aromatic nitrogens is 2. The van der Waals surface area contributed by atoms with Gasteiger partial charge < -0.3 is 48.1 Å². The fraction of sp³-hybridized carbons (Fsp3) is 0.205. The van der Waals surface area contributed by atoms with Crippen LogP contribution in [0.1, 0.15) is 101 Å². The number of nitrogens with zero attached hydrogens (tertiary/aromatic N) is 4. The number of carbonyl (C=O) groups excluding carboxylic acids is 2. The number of hydrogen-bond donors (Lipinski definition) is 2. The highest BCUT2D eigenvalue weighted by Gasteiger charge is 2.44. The van der Waals surface area contributed by atoms with Crippen molar-refractivity contribution in [1.82, 2.24) is 18.9 Å². The van der Waals surface area contributed by atoms with Crippen molar-refractivity contribution in [2.45, 2.75) is 63.9 Å². The molecule has 0 atom stereocenters. The number of methoxy groups -OCH3 is 4. The number of benzene rings is 10. The van der Waals surface area contributed by atoms with Crippen molar-refractivity contribution in [3.05, 3.63) is 259 Å². The second kappa shape index (κ2) is 23.6. The maximum atomic E-state index is 15.1. The zero-order valence-corrected chi connectivity index (χ0v) is 52.7. The molecule has 0 spiro atoms. The van der Waals surface area contributed by atoms with Gasteiger partial charge in [-0.25, -0.2) is 0 Å². The predicted octanol–water partition coefficient (Wildman–Crippen LogP) is 15.8. The molecule has 2 aromatic heterocycles. The Balaban J connectivity index is 0.000000151. The lowest BCUT2D eigenvalue weighted by Gasteiger charge is -2.29. The van der Waals surface area contributed by atoms with Crippen LogP contribution in [0.4, 0.5) is 0 Å². The van der Waals surface area contributed by atoms with Gasteiger partial charge in [0.1, 0.15) is 23.0 Å². The monoisotopic (exact) mass is 1270 g/mol. The van der Waals surface area contributed by atoms with E-state index in [-0.39, 0.29) is 37.1 Å². The molecule has 4 aliphatic rings. The van der Waals surface area contributed by atoms with E-state index in [0.29, 0.717) is 39.0 Å². The fourth-order valence-corrected chi connectivity index (χ4v) is 15.6. The Labute approximate surface area is 536 Å². The van der Waals surface area contributed by atoms with Gasteiger partial charge in [-0.2, -0.15) is 0 Å². The van der Waals surface area contributed by atoms with Gasteiger partial charge in [-0.05, 0) is 152 Å². The van der Waals surface area contributed by atoms with Gasteiger partial charge in [-0.3, -0.25) is 9.59 Å². The number of ether oxygens (including phenoxy) is 4. The molecule has 12 aromatic rings. The van der Waals surface area contributed by atoms with Crippen LogP contribution in [0.25, 0.3) is 65.9 Å². The molecule has 16 rings (SSSR count). The highest BCUT2D eigenvalue weighted by atomic mass is 79.9. The summed E-state index contributed by atoms with van der Waals surface area (Å²) in [6.45, 7) is 2.59. The van der Waals surface area contributed by atoms with Crippen LogP contribution in [-0.4, -0.2) is 82.6 Å². The number of aliphatic hydroxyl groups is 2. The van der Waals surface area contributed by atoms with Crippen LogP contribution in [-0.2, 0) is 39.0 Å². The number of halogens is 1. The zero-order chi connectivity index (χ0) is 62.2. The first-order chi connectivity index (χ1) is 44.6. The Morgan fingerprint density at radius 2 is 0.802 bits per heavy atom. The maximum absolute atomic E-state index is 15.1. The molecule has 2 aliphatic heterocycles. The van der Waals surface area contributed by atoms with Crippen molar-refractivity contribution in [3.63, 3.8) is 0 Å². The van der Waals surface area contributed by atoms with Crippen LogP contribution >= 0.6 is 15.9 Å². The van der Waals surface area contributed by atoms with Gasteiger partial charge in [0.05, 0.1) is 62.7 Å². The van der Waals surface area contributed by atoms with Crippen LogP contribution in [0.5, 0.6) is 23.0 Å². The topological polar surface area (TPSA) is 128 Å². The maximum Gasteiger partial charge on any atom is 0.255 e. The third-order valence-corrected chi connectivity index (χ3v) is 19.7. The first kappa shape index (κ1) is 57.8. The third-order valence-electron chi connectivity index (χ3n) is 19.2. The Bertz CT molecular complexity index is 4770.